The molecule has 0 bridgehead atoms. The molecule has 0 aromatic rings. The summed E-state index contributed by atoms with van der Waals surface area (Å²) >= 11 is 0. The molecule has 0 saturated heterocycles. The normalized spacial score (nSPS) is 12.6. The third-order valence-corrected chi connectivity index (χ3v) is 1.21. The number of urea groups is 1. The minimum atomic E-state index is -0.834. The van der Waals surface area contributed by atoms with Gasteiger partial charge in [-0.3, -0.25) is 0 Å². The summed E-state index contributed by atoms with van der Waals surface area (Å²) in [5.74, 6) is 0. The second kappa shape index (κ2) is 4.89. The maximum atomic E-state index is 10.5. The molecule has 6 heteroatoms. The minimum Gasteiger partial charge on any atom is -0.395 e. The van der Waals surface area contributed by atoms with Crippen LogP contribution in [-0.4, -0.2) is 47.1 Å². The van der Waals surface area contributed by atoms with Crippen molar-refractivity contribution in [2.45, 2.75) is 6.17 Å². The number of aliphatic hydroxyl groups excluding tert-OH is 2. The number of amides is 2. The molecule has 1 atom stereocenters. The van der Waals surface area contributed by atoms with Crippen molar-refractivity contribution in [1.82, 2.24) is 4.90 Å². The maximum Gasteiger partial charge on any atom is 0.316 e. The highest BCUT2D eigenvalue weighted by Crippen LogP contribution is 1.90. The smallest absolute Gasteiger partial charge is 0.316 e. The Bertz CT molecular complexity index is 130. The van der Waals surface area contributed by atoms with Crippen molar-refractivity contribution < 1.29 is 15.0 Å². The van der Waals surface area contributed by atoms with Gasteiger partial charge in [0.2, 0.25) is 0 Å². The van der Waals surface area contributed by atoms with E-state index in [-0.39, 0.29) is 19.8 Å². The SMILES string of the molecule is NC(=O)N(CCO)C(N)CO. The molecular weight excluding hydrogens is 150 g/mol. The summed E-state index contributed by atoms with van der Waals surface area (Å²) in [7, 11) is 0. The van der Waals surface area contributed by atoms with Crippen molar-refractivity contribution in [3.05, 3.63) is 0 Å². The molecule has 0 fully saturated rings. The second-order valence-corrected chi connectivity index (χ2v) is 2.01. The Morgan fingerprint density at radius 1 is 1.55 bits per heavy atom. The van der Waals surface area contributed by atoms with Crippen LogP contribution in [0.2, 0.25) is 0 Å². The van der Waals surface area contributed by atoms with Crippen molar-refractivity contribution in [3.63, 3.8) is 0 Å². The van der Waals surface area contributed by atoms with Crippen LogP contribution < -0.4 is 11.5 Å². The van der Waals surface area contributed by atoms with E-state index in [1.165, 1.54) is 0 Å². The van der Waals surface area contributed by atoms with Gasteiger partial charge < -0.3 is 26.6 Å². The lowest BCUT2D eigenvalue weighted by Gasteiger charge is -2.24. The minimum absolute atomic E-state index is 0.0388. The van der Waals surface area contributed by atoms with E-state index >= 15 is 0 Å². The Balaban J connectivity index is 3.97. The van der Waals surface area contributed by atoms with E-state index in [4.69, 9.17) is 21.7 Å². The highest BCUT2D eigenvalue weighted by atomic mass is 16.3. The van der Waals surface area contributed by atoms with Gasteiger partial charge in [-0.2, -0.15) is 0 Å². The Hall–Kier alpha value is -0.850. The highest BCUT2D eigenvalue weighted by molar-refractivity contribution is 5.72. The molecule has 1 unspecified atom stereocenters. The number of carbonyl (C=O) groups excluding carboxylic acids is 1. The average molecular weight is 163 g/mol. The Morgan fingerprint density at radius 3 is 2.36 bits per heavy atom. The van der Waals surface area contributed by atoms with Gasteiger partial charge in [0, 0.05) is 6.54 Å². The number of nitrogens with two attached hydrogens (primary N) is 2. The fourth-order valence-electron chi connectivity index (χ4n) is 0.646. The van der Waals surface area contributed by atoms with Crippen LogP contribution in [0.25, 0.3) is 0 Å². The van der Waals surface area contributed by atoms with Crippen LogP contribution >= 0.6 is 0 Å². The summed E-state index contributed by atoms with van der Waals surface area (Å²) in [6.07, 6.45) is -0.834. The van der Waals surface area contributed by atoms with E-state index in [9.17, 15) is 4.79 Å². The molecule has 0 spiro atoms. The lowest BCUT2D eigenvalue weighted by atomic mass is 10.4. The van der Waals surface area contributed by atoms with Crippen molar-refractivity contribution in [2.24, 2.45) is 11.5 Å². The fourth-order valence-corrected chi connectivity index (χ4v) is 0.646. The van der Waals surface area contributed by atoms with Crippen LogP contribution in [0.15, 0.2) is 0 Å². The zero-order chi connectivity index (χ0) is 8.85. The van der Waals surface area contributed by atoms with Gasteiger partial charge >= 0.3 is 6.03 Å². The summed E-state index contributed by atoms with van der Waals surface area (Å²) in [4.78, 5) is 11.5. The van der Waals surface area contributed by atoms with E-state index in [0.29, 0.717) is 0 Å². The van der Waals surface area contributed by atoms with E-state index in [2.05, 4.69) is 0 Å². The van der Waals surface area contributed by atoms with Gasteiger partial charge in [0.25, 0.3) is 0 Å². The predicted octanol–water partition coefficient (Wildman–Crippen LogP) is -2.36. The number of carbonyl (C=O) groups is 1. The second-order valence-electron chi connectivity index (χ2n) is 2.01. The Kier molecular flexibility index (Phi) is 4.51. The van der Waals surface area contributed by atoms with Crippen molar-refractivity contribution in [1.29, 1.82) is 0 Å². The van der Waals surface area contributed by atoms with Crippen LogP contribution in [0.3, 0.4) is 0 Å². The van der Waals surface area contributed by atoms with Crippen molar-refractivity contribution >= 4 is 6.03 Å². The number of hydrogen-bond donors (Lipinski definition) is 4. The first-order valence-electron chi connectivity index (χ1n) is 3.16. The molecule has 2 amide bonds. The predicted molar refractivity (Wildman–Crippen MR) is 38.4 cm³/mol. The van der Waals surface area contributed by atoms with E-state index in [0.717, 1.165) is 4.90 Å². The molecule has 0 saturated carbocycles. The van der Waals surface area contributed by atoms with Crippen molar-refractivity contribution in [2.75, 3.05) is 19.8 Å². The molecule has 0 rings (SSSR count). The van der Waals surface area contributed by atoms with Crippen LogP contribution in [0.1, 0.15) is 0 Å². The summed E-state index contributed by atoms with van der Waals surface area (Å²) in [5, 5.41) is 17.0. The number of nitrogens with zero attached hydrogens (tertiary/aromatic N) is 1. The number of hydrogen-bond acceptors (Lipinski definition) is 4. The Labute approximate surface area is 64.4 Å². The molecule has 0 aliphatic carbocycles. The first-order chi connectivity index (χ1) is 5.13. The van der Waals surface area contributed by atoms with Gasteiger partial charge in [-0.1, -0.05) is 0 Å². The highest BCUT2D eigenvalue weighted by Gasteiger charge is 2.15. The van der Waals surface area contributed by atoms with Crippen LogP contribution in [0.5, 0.6) is 0 Å². The average Bonchev–Trinajstić information content (AvgIpc) is 1.98. The first-order valence-corrected chi connectivity index (χ1v) is 3.16. The van der Waals surface area contributed by atoms with Crippen molar-refractivity contribution in [3.8, 4) is 0 Å². The topological polar surface area (TPSA) is 113 Å². The third kappa shape index (κ3) is 3.17. The van der Waals surface area contributed by atoms with Crippen LogP contribution in [0.4, 0.5) is 4.79 Å². The Morgan fingerprint density at radius 2 is 2.09 bits per heavy atom. The number of rotatable bonds is 4. The summed E-state index contributed by atoms with van der Waals surface area (Å²) in [6.45, 7) is -0.559. The quantitative estimate of drug-likeness (QED) is 0.347. The van der Waals surface area contributed by atoms with Gasteiger partial charge in [-0.05, 0) is 0 Å². The molecule has 11 heavy (non-hydrogen) atoms. The largest absolute Gasteiger partial charge is 0.395 e. The molecule has 0 radical (unpaired) electrons. The lowest BCUT2D eigenvalue weighted by molar-refractivity contribution is 0.124. The van der Waals surface area contributed by atoms with Gasteiger partial charge in [0.1, 0.15) is 6.17 Å². The zero-order valence-corrected chi connectivity index (χ0v) is 6.10. The van der Waals surface area contributed by atoms with Crippen LogP contribution in [-0.2, 0) is 0 Å². The lowest BCUT2D eigenvalue weighted by Crippen LogP contribution is -2.51. The first kappa shape index (κ1) is 10.2. The van der Waals surface area contributed by atoms with Gasteiger partial charge in [0.15, 0.2) is 0 Å². The molecule has 0 aliphatic rings. The zero-order valence-electron chi connectivity index (χ0n) is 6.10. The molecular formula is C5H13N3O3. The van der Waals surface area contributed by atoms with E-state index in [1.807, 2.05) is 0 Å². The van der Waals surface area contributed by atoms with E-state index in [1.54, 1.807) is 0 Å². The summed E-state index contributed by atoms with van der Waals surface area (Å²) in [6, 6.07) is -0.749. The molecule has 0 aromatic carbocycles. The fraction of sp³-hybridized carbons (Fsp3) is 0.800. The standard InChI is InChI=1S/C5H13N3O3/c6-4(3-10)8(1-2-9)5(7)11/h4,9-10H,1-3,6H2,(H2,7,11). The summed E-state index contributed by atoms with van der Waals surface area (Å²) < 4.78 is 0. The van der Waals surface area contributed by atoms with E-state index < -0.39 is 12.2 Å². The molecule has 0 heterocycles. The molecule has 6 N–H and O–H groups in total. The van der Waals surface area contributed by atoms with Gasteiger partial charge in [-0.25, -0.2) is 4.79 Å². The molecule has 0 aliphatic heterocycles. The summed E-state index contributed by atoms with van der Waals surface area (Å²) in [5.41, 5.74) is 10.2. The number of aliphatic hydroxyl groups is 2. The molecule has 6 nitrogen and oxygen atoms in total. The van der Waals surface area contributed by atoms with Gasteiger partial charge in [0.05, 0.1) is 13.2 Å². The van der Waals surface area contributed by atoms with Gasteiger partial charge in [-0.15, -0.1) is 0 Å². The monoisotopic (exact) mass is 163 g/mol. The number of primary amides is 1. The third-order valence-electron chi connectivity index (χ3n) is 1.21. The molecule has 0 aromatic heterocycles. The maximum absolute atomic E-state index is 10.5. The van der Waals surface area contributed by atoms with Crippen LogP contribution in [0, 0.1) is 0 Å². The molecule has 66 valence electrons.